The maximum absolute atomic E-state index is 12.3. The summed E-state index contributed by atoms with van der Waals surface area (Å²) in [6.45, 7) is 6.09. The molecular weight excluding hydrogens is 404 g/mol. The SMILES string of the molecule is CCOC(=O)N1CCC(N2CCC3(CC[C@H](NC(=O)N(C)C)c4ccccc43)CC2)CC1.[HH]. The van der Waals surface area contributed by atoms with Crippen LogP contribution in [0, 0.1) is 0 Å². The number of likely N-dealkylation sites (tertiary alicyclic amines) is 2. The van der Waals surface area contributed by atoms with E-state index in [1.165, 1.54) is 11.1 Å². The summed E-state index contributed by atoms with van der Waals surface area (Å²) in [5, 5.41) is 3.21. The van der Waals surface area contributed by atoms with Crippen molar-refractivity contribution in [2.45, 2.75) is 62.9 Å². The summed E-state index contributed by atoms with van der Waals surface area (Å²) in [6.07, 6.45) is 6.33. The van der Waals surface area contributed by atoms with Crippen LogP contribution in [-0.2, 0) is 10.2 Å². The molecule has 0 aromatic heterocycles. The molecule has 0 unspecified atom stereocenters. The number of ether oxygens (including phenoxy) is 1. The molecule has 3 amide bonds. The number of hydrogen-bond donors (Lipinski definition) is 1. The largest absolute Gasteiger partial charge is 0.450 e. The Balaban J connectivity index is 0.00000306. The van der Waals surface area contributed by atoms with Crippen LogP contribution in [0.1, 0.15) is 64.0 Å². The number of hydrogen-bond acceptors (Lipinski definition) is 4. The second kappa shape index (κ2) is 9.69. The van der Waals surface area contributed by atoms with E-state index >= 15 is 0 Å². The van der Waals surface area contributed by atoms with Gasteiger partial charge in [-0.15, -0.1) is 0 Å². The number of urea groups is 1. The first-order chi connectivity index (χ1) is 15.4. The molecule has 32 heavy (non-hydrogen) atoms. The summed E-state index contributed by atoms with van der Waals surface area (Å²) in [7, 11) is 3.58. The van der Waals surface area contributed by atoms with Gasteiger partial charge in [-0.05, 0) is 75.1 Å². The summed E-state index contributed by atoms with van der Waals surface area (Å²) >= 11 is 0. The Kier molecular flexibility index (Phi) is 6.93. The Hall–Kier alpha value is -2.28. The van der Waals surface area contributed by atoms with Gasteiger partial charge >= 0.3 is 12.1 Å². The molecule has 3 aliphatic rings. The van der Waals surface area contributed by atoms with E-state index in [9.17, 15) is 9.59 Å². The lowest BCUT2D eigenvalue weighted by molar-refractivity contribution is 0.0523. The molecule has 178 valence electrons. The zero-order valence-corrected chi connectivity index (χ0v) is 19.8. The van der Waals surface area contributed by atoms with Crippen molar-refractivity contribution in [3.63, 3.8) is 0 Å². The molecule has 1 spiro atoms. The topological polar surface area (TPSA) is 65.1 Å². The van der Waals surface area contributed by atoms with Crippen LogP contribution in [-0.4, -0.2) is 79.7 Å². The van der Waals surface area contributed by atoms with Gasteiger partial charge in [0.05, 0.1) is 12.6 Å². The van der Waals surface area contributed by atoms with Crippen molar-refractivity contribution < 1.29 is 15.8 Å². The molecule has 0 bridgehead atoms. The smallest absolute Gasteiger partial charge is 0.409 e. The Morgan fingerprint density at radius 1 is 1.09 bits per heavy atom. The number of nitrogens with zero attached hydrogens (tertiary/aromatic N) is 3. The van der Waals surface area contributed by atoms with Crippen molar-refractivity contribution in [2.24, 2.45) is 0 Å². The van der Waals surface area contributed by atoms with E-state index in [-0.39, 0.29) is 25.0 Å². The lowest BCUT2D eigenvalue weighted by Gasteiger charge is -2.49. The van der Waals surface area contributed by atoms with Gasteiger partial charge in [0, 0.05) is 34.7 Å². The molecule has 1 aliphatic carbocycles. The van der Waals surface area contributed by atoms with Crippen molar-refractivity contribution in [3.05, 3.63) is 35.4 Å². The van der Waals surface area contributed by atoms with Crippen LogP contribution in [0.15, 0.2) is 24.3 Å². The van der Waals surface area contributed by atoms with Crippen LogP contribution in [0.2, 0.25) is 0 Å². The summed E-state index contributed by atoms with van der Waals surface area (Å²) in [6, 6.07) is 9.36. The van der Waals surface area contributed by atoms with Crippen molar-refractivity contribution in [2.75, 3.05) is 46.9 Å². The van der Waals surface area contributed by atoms with Crippen molar-refractivity contribution in [1.82, 2.24) is 20.0 Å². The lowest BCUT2D eigenvalue weighted by atomic mass is 9.63. The lowest BCUT2D eigenvalue weighted by Crippen LogP contribution is -2.52. The number of benzene rings is 1. The van der Waals surface area contributed by atoms with Gasteiger partial charge in [0.1, 0.15) is 0 Å². The minimum atomic E-state index is -0.168. The number of amides is 3. The zero-order valence-electron chi connectivity index (χ0n) is 19.8. The summed E-state index contributed by atoms with van der Waals surface area (Å²) in [5.74, 6) is 0. The summed E-state index contributed by atoms with van der Waals surface area (Å²) in [5.41, 5.74) is 2.95. The molecule has 0 radical (unpaired) electrons. The molecule has 7 heteroatoms. The van der Waals surface area contributed by atoms with E-state index in [4.69, 9.17) is 4.74 Å². The van der Waals surface area contributed by atoms with E-state index in [1.54, 1.807) is 19.0 Å². The molecular formula is C25H40N4O3. The van der Waals surface area contributed by atoms with Crippen LogP contribution < -0.4 is 5.32 Å². The third-order valence-electron chi connectivity index (χ3n) is 7.79. The second-order valence-corrected chi connectivity index (χ2v) is 9.76. The summed E-state index contributed by atoms with van der Waals surface area (Å²) in [4.78, 5) is 30.4. The molecule has 1 aromatic rings. The van der Waals surface area contributed by atoms with Crippen LogP contribution in [0.4, 0.5) is 9.59 Å². The number of rotatable bonds is 3. The first kappa shape index (κ1) is 22.9. The third kappa shape index (κ3) is 4.58. The maximum Gasteiger partial charge on any atom is 0.409 e. The van der Waals surface area contributed by atoms with Gasteiger partial charge in [-0.2, -0.15) is 0 Å². The molecule has 1 aromatic carbocycles. The third-order valence-corrected chi connectivity index (χ3v) is 7.79. The average Bonchev–Trinajstić information content (AvgIpc) is 2.82. The number of piperidine rings is 2. The normalized spacial score (nSPS) is 23.5. The fraction of sp³-hybridized carbons (Fsp3) is 0.680. The quantitative estimate of drug-likeness (QED) is 0.766. The van der Waals surface area contributed by atoms with Crippen molar-refractivity contribution in [1.29, 1.82) is 0 Å². The van der Waals surface area contributed by atoms with Crippen LogP contribution >= 0.6 is 0 Å². The fourth-order valence-corrected chi connectivity index (χ4v) is 5.89. The van der Waals surface area contributed by atoms with Gasteiger partial charge in [-0.1, -0.05) is 24.3 Å². The number of nitrogens with one attached hydrogen (secondary N) is 1. The molecule has 2 fully saturated rings. The van der Waals surface area contributed by atoms with E-state index in [2.05, 4.69) is 34.5 Å². The average molecular weight is 445 g/mol. The van der Waals surface area contributed by atoms with Gasteiger partial charge in [0.15, 0.2) is 0 Å². The predicted molar refractivity (Wildman–Crippen MR) is 127 cm³/mol. The molecule has 4 rings (SSSR count). The van der Waals surface area contributed by atoms with Crippen LogP contribution in [0.3, 0.4) is 0 Å². The van der Waals surface area contributed by atoms with Crippen LogP contribution in [0.5, 0.6) is 0 Å². The molecule has 0 saturated carbocycles. The monoisotopic (exact) mass is 444 g/mol. The second-order valence-electron chi connectivity index (χ2n) is 9.76. The first-order valence-electron chi connectivity index (χ1n) is 12.2. The highest BCUT2D eigenvalue weighted by Gasteiger charge is 2.43. The molecule has 1 atom stereocenters. The first-order valence-corrected chi connectivity index (χ1v) is 12.2. The Morgan fingerprint density at radius 3 is 2.44 bits per heavy atom. The Bertz CT molecular complexity index is 818. The Morgan fingerprint density at radius 2 is 1.78 bits per heavy atom. The molecule has 1 N–H and O–H groups in total. The van der Waals surface area contributed by atoms with Gasteiger partial charge < -0.3 is 24.8 Å². The highest BCUT2D eigenvalue weighted by molar-refractivity contribution is 5.74. The number of fused-ring (bicyclic) bond motifs is 2. The van der Waals surface area contributed by atoms with E-state index < -0.39 is 0 Å². The van der Waals surface area contributed by atoms with Crippen LogP contribution in [0.25, 0.3) is 0 Å². The zero-order chi connectivity index (χ0) is 22.7. The van der Waals surface area contributed by atoms with Gasteiger partial charge in [-0.3, -0.25) is 0 Å². The molecule has 2 aliphatic heterocycles. The van der Waals surface area contributed by atoms with Gasteiger partial charge in [0.25, 0.3) is 0 Å². The Labute approximate surface area is 193 Å². The standard InChI is InChI=1S/C25H38N4O3.H2/c1-4-32-24(31)29-15-10-19(11-16-29)28-17-13-25(14-18-28)12-9-22(26-23(30)27(2)3)20-7-5-6-8-21(20)25;/h5-8,19,22H,4,9-18H2,1-3H3,(H,26,30);1H/t22-;/m0./s1. The molecule has 7 nitrogen and oxygen atoms in total. The van der Waals surface area contributed by atoms with Gasteiger partial charge in [0.2, 0.25) is 0 Å². The van der Waals surface area contributed by atoms with E-state index in [0.717, 1.165) is 64.7 Å². The van der Waals surface area contributed by atoms with E-state index in [0.29, 0.717) is 12.6 Å². The fourth-order valence-electron chi connectivity index (χ4n) is 5.89. The highest BCUT2D eigenvalue weighted by atomic mass is 16.6. The molecule has 2 heterocycles. The minimum Gasteiger partial charge on any atom is -0.450 e. The maximum atomic E-state index is 12.3. The number of carbonyl (C=O) groups is 2. The molecule has 2 saturated heterocycles. The van der Waals surface area contributed by atoms with Crippen molar-refractivity contribution >= 4 is 12.1 Å². The highest BCUT2D eigenvalue weighted by Crippen LogP contribution is 2.48. The van der Waals surface area contributed by atoms with Crippen molar-refractivity contribution in [3.8, 4) is 0 Å². The number of carbonyl (C=O) groups excluding carboxylic acids is 2. The van der Waals surface area contributed by atoms with E-state index in [1.807, 2.05) is 11.8 Å². The minimum absolute atomic E-state index is 0. The predicted octanol–water partition coefficient (Wildman–Crippen LogP) is 3.99. The van der Waals surface area contributed by atoms with Gasteiger partial charge in [-0.25, -0.2) is 9.59 Å². The summed E-state index contributed by atoms with van der Waals surface area (Å²) < 4.78 is 5.16.